The molecule has 59 heavy (non-hydrogen) atoms. The molecule has 0 aromatic heterocycles. The van der Waals surface area contributed by atoms with E-state index in [1.807, 2.05) is 72.8 Å². The second kappa shape index (κ2) is 27.5. The molecule has 2 aromatic rings. The third kappa shape index (κ3) is 18.1. The van der Waals surface area contributed by atoms with Gasteiger partial charge in [-0.15, -0.1) is 0 Å². The number of benzene rings is 2. The number of rotatable bonds is 15. The van der Waals surface area contributed by atoms with Gasteiger partial charge >= 0.3 is 5.97 Å². The number of aliphatic hydroxyl groups is 6. The van der Waals surface area contributed by atoms with E-state index in [1.54, 1.807) is 24.3 Å². The molecule has 0 spiro atoms. The lowest BCUT2D eigenvalue weighted by Gasteiger charge is -2.41. The van der Waals surface area contributed by atoms with Gasteiger partial charge in [0.1, 0.15) is 49.2 Å². The number of hydrogen-bond acceptors (Lipinski definition) is 15. The molecular weight excluding hydrogens is 776 g/mol. The maximum absolute atomic E-state index is 12.1. The summed E-state index contributed by atoms with van der Waals surface area (Å²) in [6.07, 6.45) is 3.90. The van der Waals surface area contributed by atoms with Crippen LogP contribution in [-0.4, -0.2) is 161 Å². The van der Waals surface area contributed by atoms with E-state index >= 15 is 0 Å². The number of hydrogen-bond donors (Lipinski definition) is 11. The van der Waals surface area contributed by atoms with Gasteiger partial charge in [-0.3, -0.25) is 19.2 Å². The van der Waals surface area contributed by atoms with Crippen molar-refractivity contribution in [2.45, 2.75) is 61.3 Å². The normalized spacial score (nSPS) is 26.7. The number of methoxy groups -OCH3 is 2. The van der Waals surface area contributed by atoms with Crippen molar-refractivity contribution in [3.8, 4) is 0 Å². The molecule has 4 rings (SSSR count). The Labute approximate surface area is 341 Å². The quantitative estimate of drug-likeness (QED) is 0.0670. The molecule has 19 nitrogen and oxygen atoms in total. The van der Waals surface area contributed by atoms with Crippen LogP contribution in [0.4, 0.5) is 0 Å². The van der Waals surface area contributed by atoms with Gasteiger partial charge < -0.3 is 76.4 Å². The molecule has 10 atom stereocenters. The summed E-state index contributed by atoms with van der Waals surface area (Å²) in [7, 11) is 2.68. The zero-order chi connectivity index (χ0) is 43.7. The fourth-order valence-electron chi connectivity index (χ4n) is 5.19. The van der Waals surface area contributed by atoms with E-state index in [1.165, 1.54) is 26.4 Å². The van der Waals surface area contributed by atoms with E-state index in [-0.39, 0.29) is 19.7 Å². The summed E-state index contributed by atoms with van der Waals surface area (Å²) in [6, 6.07) is 17.3. The standard InChI is InChI=1S/C20H26N2O7.C13H13NO3.C7H15NO5/c1-28-20-17(19(27)18(26)14(12-23)29-20)22-16(25)11-21-15(24)10-6-5-9-13-7-3-2-4-8-13;15-12(14-10-13(16)17)9-5-4-8-11-6-2-1-3-7-11;1-12-7-4(8)6(11)5(10)3(2-9)13-7/h2-10,14,17-20,23,26-27H,11-12H2,1H3,(H,21,24)(H,22,25);1-9H,10H2,(H,14,15)(H,16,17);3-7,9-11H,2,8H2,1H3/b9-5+,10-6+;8-4+,9-5+;. The van der Waals surface area contributed by atoms with Crippen LogP contribution in [0.2, 0.25) is 0 Å². The summed E-state index contributed by atoms with van der Waals surface area (Å²) in [6.45, 7) is -1.61. The van der Waals surface area contributed by atoms with E-state index in [9.17, 15) is 39.6 Å². The molecular formula is C40H54N4O15. The molecule has 2 fully saturated rings. The highest BCUT2D eigenvalue weighted by Crippen LogP contribution is 2.22. The number of nitrogens with one attached hydrogen (secondary N) is 3. The summed E-state index contributed by atoms with van der Waals surface area (Å²) < 4.78 is 20.3. The first-order valence-electron chi connectivity index (χ1n) is 18.2. The van der Waals surface area contributed by atoms with Crippen molar-refractivity contribution < 1.29 is 73.9 Å². The molecule has 2 aromatic carbocycles. The fraction of sp³-hybridized carbons (Fsp3) is 0.400. The number of carbonyl (C=O) groups excluding carboxylic acids is 3. The van der Waals surface area contributed by atoms with Crippen molar-refractivity contribution in [2.24, 2.45) is 5.73 Å². The molecule has 2 aliphatic rings. The summed E-state index contributed by atoms with van der Waals surface area (Å²) in [5.41, 5.74) is 7.52. The van der Waals surface area contributed by atoms with Crippen molar-refractivity contribution in [2.75, 3.05) is 40.5 Å². The smallest absolute Gasteiger partial charge is 0.322 e. The SMILES string of the molecule is COC1OC(CO)C(O)C(O)C1N.COC1OC(CO)C(O)C(O)C1NC(=O)CNC(=O)/C=C/C=C/c1ccccc1.O=C(O)CNC(=O)/C=C/C=C/c1ccccc1. The molecule has 2 heterocycles. The fourth-order valence-corrected chi connectivity index (χ4v) is 5.19. The first kappa shape index (κ1) is 50.0. The third-order valence-corrected chi connectivity index (χ3v) is 8.33. The highest BCUT2D eigenvalue weighted by Gasteiger charge is 2.45. The number of allylic oxidation sites excluding steroid dienone is 4. The Kier molecular flexibility index (Phi) is 23.3. The Morgan fingerprint density at radius 3 is 1.54 bits per heavy atom. The van der Waals surface area contributed by atoms with Crippen LogP contribution in [0.25, 0.3) is 12.2 Å². The zero-order valence-electron chi connectivity index (χ0n) is 32.5. The Bertz CT molecular complexity index is 1660. The van der Waals surface area contributed by atoms with Crippen molar-refractivity contribution in [3.05, 3.63) is 108 Å². The van der Waals surface area contributed by atoms with E-state index in [0.717, 1.165) is 11.1 Å². The Morgan fingerprint density at radius 1 is 0.661 bits per heavy atom. The van der Waals surface area contributed by atoms with Gasteiger partial charge in [0.15, 0.2) is 12.6 Å². The van der Waals surface area contributed by atoms with E-state index in [4.69, 9.17) is 40.0 Å². The van der Waals surface area contributed by atoms with Gasteiger partial charge in [-0.05, 0) is 11.1 Å². The van der Waals surface area contributed by atoms with Crippen molar-refractivity contribution in [1.29, 1.82) is 0 Å². The Morgan fingerprint density at radius 2 is 1.10 bits per heavy atom. The average Bonchev–Trinajstić information content (AvgIpc) is 3.24. The number of amides is 3. The number of ether oxygens (including phenoxy) is 4. The van der Waals surface area contributed by atoms with Crippen LogP contribution in [-0.2, 0) is 38.1 Å². The minimum absolute atomic E-state index is 0.343. The molecule has 3 amide bonds. The molecule has 0 saturated carbocycles. The lowest BCUT2D eigenvalue weighted by atomic mass is 9.97. The topological polar surface area (TPSA) is 309 Å². The van der Waals surface area contributed by atoms with Gasteiger partial charge in [0.05, 0.1) is 25.8 Å². The largest absolute Gasteiger partial charge is 0.480 e. The number of aliphatic carboxylic acids is 1. The zero-order valence-corrected chi connectivity index (χ0v) is 32.5. The summed E-state index contributed by atoms with van der Waals surface area (Å²) in [5.74, 6) is -2.56. The Hall–Kier alpha value is -5.16. The molecule has 12 N–H and O–H groups in total. The second-order valence-electron chi connectivity index (χ2n) is 12.6. The number of aliphatic hydroxyl groups excluding tert-OH is 6. The number of nitrogens with two attached hydrogens (primary N) is 1. The van der Waals surface area contributed by atoms with Crippen LogP contribution in [0.5, 0.6) is 0 Å². The number of carboxylic acids is 1. The molecule has 2 saturated heterocycles. The van der Waals surface area contributed by atoms with Crippen LogP contribution < -0.4 is 21.7 Å². The van der Waals surface area contributed by atoms with Gasteiger partial charge in [0, 0.05) is 26.4 Å². The minimum atomic E-state index is -1.41. The predicted octanol–water partition coefficient (Wildman–Crippen LogP) is -2.20. The van der Waals surface area contributed by atoms with Gasteiger partial charge in [-0.1, -0.05) is 97.1 Å². The van der Waals surface area contributed by atoms with Crippen molar-refractivity contribution in [1.82, 2.24) is 16.0 Å². The van der Waals surface area contributed by atoms with Gasteiger partial charge in [-0.25, -0.2) is 0 Å². The highest BCUT2D eigenvalue weighted by molar-refractivity contribution is 5.91. The highest BCUT2D eigenvalue weighted by atomic mass is 16.7. The maximum atomic E-state index is 12.1. The lowest BCUT2D eigenvalue weighted by Crippen LogP contribution is -2.65. The van der Waals surface area contributed by atoms with Crippen LogP contribution in [0.3, 0.4) is 0 Å². The first-order valence-corrected chi connectivity index (χ1v) is 18.2. The van der Waals surface area contributed by atoms with Gasteiger partial charge in [0.2, 0.25) is 17.7 Å². The molecule has 2 aliphatic heterocycles. The first-order chi connectivity index (χ1) is 28.3. The molecule has 324 valence electrons. The molecule has 0 radical (unpaired) electrons. The third-order valence-electron chi connectivity index (χ3n) is 8.33. The van der Waals surface area contributed by atoms with Gasteiger partial charge in [0.25, 0.3) is 0 Å². The van der Waals surface area contributed by atoms with Crippen LogP contribution in [0, 0.1) is 0 Å². The van der Waals surface area contributed by atoms with Crippen LogP contribution in [0.1, 0.15) is 11.1 Å². The second-order valence-corrected chi connectivity index (χ2v) is 12.6. The summed E-state index contributed by atoms with van der Waals surface area (Å²) in [4.78, 5) is 45.1. The molecule has 19 heteroatoms. The predicted molar refractivity (Wildman–Crippen MR) is 212 cm³/mol. The lowest BCUT2D eigenvalue weighted by molar-refractivity contribution is -0.262. The van der Waals surface area contributed by atoms with Gasteiger partial charge in [-0.2, -0.15) is 0 Å². The summed E-state index contributed by atoms with van der Waals surface area (Å²) >= 11 is 0. The van der Waals surface area contributed by atoms with Crippen LogP contribution >= 0.6 is 0 Å². The molecule has 0 aliphatic carbocycles. The molecule has 10 unspecified atom stereocenters. The van der Waals surface area contributed by atoms with Crippen LogP contribution in [0.15, 0.2) is 97.1 Å². The average molecular weight is 831 g/mol. The Balaban J connectivity index is 0.000000337. The maximum Gasteiger partial charge on any atom is 0.322 e. The van der Waals surface area contributed by atoms with E-state index < -0.39 is 91.6 Å². The van der Waals surface area contributed by atoms with E-state index in [2.05, 4.69) is 16.0 Å². The van der Waals surface area contributed by atoms with E-state index in [0.29, 0.717) is 0 Å². The minimum Gasteiger partial charge on any atom is -0.480 e. The number of carbonyl (C=O) groups is 4. The number of carboxylic acid groups (broad SMARTS) is 1. The summed E-state index contributed by atoms with van der Waals surface area (Å²) in [5, 5.41) is 72.2. The van der Waals surface area contributed by atoms with Crippen molar-refractivity contribution >= 4 is 35.8 Å². The monoisotopic (exact) mass is 830 g/mol. The van der Waals surface area contributed by atoms with Crippen molar-refractivity contribution in [3.63, 3.8) is 0 Å². The molecule has 0 bridgehead atoms.